The Morgan fingerprint density at radius 1 is 1.33 bits per heavy atom. The summed E-state index contributed by atoms with van der Waals surface area (Å²) in [5.41, 5.74) is 2.87. The van der Waals surface area contributed by atoms with E-state index in [9.17, 15) is 4.79 Å². The maximum absolute atomic E-state index is 11.8. The third kappa shape index (κ3) is 2.10. The fraction of sp³-hybridized carbons (Fsp3) is 0.588. The largest absolute Gasteiger partial charge is 0.419 e. The molecule has 2 aromatic rings. The Morgan fingerprint density at radius 3 is 2.71 bits per heavy atom. The van der Waals surface area contributed by atoms with Crippen LogP contribution in [-0.2, 0) is 6.54 Å². The number of nitrogens with zero attached hydrogens (tertiary/aromatic N) is 1. The number of aryl methyl sites for hydroxylation is 1. The van der Waals surface area contributed by atoms with Crippen molar-refractivity contribution in [2.45, 2.75) is 44.0 Å². The van der Waals surface area contributed by atoms with Crippen molar-refractivity contribution in [1.82, 2.24) is 4.57 Å². The van der Waals surface area contributed by atoms with Gasteiger partial charge in [-0.3, -0.25) is 4.57 Å². The van der Waals surface area contributed by atoms with Crippen molar-refractivity contribution >= 4 is 27.0 Å². The van der Waals surface area contributed by atoms with E-state index in [2.05, 4.69) is 22.0 Å². The molecular weight excluding hydrogens is 330 g/mol. The minimum atomic E-state index is -0.254. The summed E-state index contributed by atoms with van der Waals surface area (Å²) < 4.78 is 7.07. The van der Waals surface area contributed by atoms with E-state index in [0.29, 0.717) is 17.0 Å². The van der Waals surface area contributed by atoms with E-state index in [1.54, 1.807) is 4.57 Å². The van der Waals surface area contributed by atoms with Crippen LogP contribution in [0.1, 0.15) is 43.0 Å². The molecule has 0 bridgehead atoms. The van der Waals surface area contributed by atoms with Gasteiger partial charge in [-0.2, -0.15) is 0 Å². The summed E-state index contributed by atoms with van der Waals surface area (Å²) in [5, 5.41) is 0. The third-order valence-electron chi connectivity index (χ3n) is 5.39. The Labute approximate surface area is 132 Å². The lowest BCUT2D eigenvalue weighted by atomic mass is 10.0. The average molecular weight is 350 g/mol. The van der Waals surface area contributed by atoms with Crippen LogP contribution in [0.15, 0.2) is 27.4 Å². The van der Waals surface area contributed by atoms with E-state index in [1.807, 2.05) is 19.1 Å². The Balaban J connectivity index is 1.66. The van der Waals surface area contributed by atoms with Crippen LogP contribution < -0.4 is 5.76 Å². The molecule has 3 nitrogen and oxygen atoms in total. The summed E-state index contributed by atoms with van der Waals surface area (Å²) >= 11 is 3.90. The molecule has 0 amide bonds. The molecule has 2 fully saturated rings. The molecule has 21 heavy (non-hydrogen) atoms. The molecule has 3 unspecified atom stereocenters. The molecule has 0 radical (unpaired) electrons. The minimum Gasteiger partial charge on any atom is -0.408 e. The first-order valence-corrected chi connectivity index (χ1v) is 8.89. The van der Waals surface area contributed by atoms with Crippen molar-refractivity contribution in [3.05, 3.63) is 34.3 Å². The van der Waals surface area contributed by atoms with Crippen molar-refractivity contribution in [2.75, 3.05) is 0 Å². The first-order valence-electron chi connectivity index (χ1n) is 7.98. The molecule has 1 heterocycles. The van der Waals surface area contributed by atoms with Crippen LogP contribution >= 0.6 is 15.9 Å². The highest BCUT2D eigenvalue weighted by Crippen LogP contribution is 2.62. The van der Waals surface area contributed by atoms with Gasteiger partial charge in [0.05, 0.1) is 5.52 Å². The van der Waals surface area contributed by atoms with Crippen LogP contribution in [0.4, 0.5) is 0 Å². The van der Waals surface area contributed by atoms with E-state index in [-0.39, 0.29) is 5.76 Å². The minimum absolute atomic E-state index is 0.254. The maximum Gasteiger partial charge on any atom is 0.419 e. The number of oxazole rings is 1. The van der Waals surface area contributed by atoms with Gasteiger partial charge in [-0.05, 0) is 55.2 Å². The predicted octanol–water partition coefficient (Wildman–Crippen LogP) is 4.49. The quantitative estimate of drug-likeness (QED) is 0.765. The fourth-order valence-corrected chi connectivity index (χ4v) is 5.33. The van der Waals surface area contributed by atoms with Gasteiger partial charge < -0.3 is 4.42 Å². The van der Waals surface area contributed by atoms with Gasteiger partial charge in [0.25, 0.3) is 0 Å². The second-order valence-electron chi connectivity index (χ2n) is 6.43. The van der Waals surface area contributed by atoms with Gasteiger partial charge in [0.2, 0.25) is 0 Å². The summed E-state index contributed by atoms with van der Waals surface area (Å²) in [5.74, 6) is 2.33. The molecule has 2 aliphatic rings. The zero-order chi connectivity index (χ0) is 14.6. The van der Waals surface area contributed by atoms with Crippen LogP contribution in [0.2, 0.25) is 0 Å². The normalized spacial score (nSPS) is 29.3. The number of hydrogen-bond acceptors (Lipinski definition) is 2. The molecule has 2 saturated carbocycles. The number of rotatable bonds is 3. The number of hydrogen-bond donors (Lipinski definition) is 0. The average Bonchev–Trinajstić information content (AvgIpc) is 3.14. The van der Waals surface area contributed by atoms with Gasteiger partial charge in [-0.1, -0.05) is 34.8 Å². The number of benzene rings is 1. The molecule has 4 rings (SSSR count). The molecule has 1 aromatic carbocycles. The van der Waals surface area contributed by atoms with Gasteiger partial charge in [-0.25, -0.2) is 4.79 Å². The highest BCUT2D eigenvalue weighted by atomic mass is 79.9. The Morgan fingerprint density at radius 2 is 2.05 bits per heavy atom. The van der Waals surface area contributed by atoms with Crippen molar-refractivity contribution in [1.29, 1.82) is 0 Å². The third-order valence-corrected chi connectivity index (χ3v) is 6.53. The highest BCUT2D eigenvalue weighted by Gasteiger charge is 2.53. The standard InChI is InChI=1S/C17H20BrNO2/c1-2-19-13-8-7-10(9-14(13)21-17(19)20)16(18)15-11-5-3-4-6-12(11)15/h7-9,11-12,15-16H,2-6H2,1H3. The van der Waals surface area contributed by atoms with E-state index in [4.69, 9.17) is 4.42 Å². The second kappa shape index (κ2) is 5.01. The SMILES string of the molecule is CCn1c(=O)oc2cc(C(Br)C3C4CCCCC43)ccc21. The Hall–Kier alpha value is -1.03. The smallest absolute Gasteiger partial charge is 0.408 e. The topological polar surface area (TPSA) is 35.1 Å². The molecule has 0 spiro atoms. The van der Waals surface area contributed by atoms with Crippen LogP contribution in [0.3, 0.4) is 0 Å². The lowest BCUT2D eigenvalue weighted by Gasteiger charge is -2.10. The van der Waals surface area contributed by atoms with Gasteiger partial charge in [0.1, 0.15) is 0 Å². The van der Waals surface area contributed by atoms with Crippen molar-refractivity contribution in [3.8, 4) is 0 Å². The second-order valence-corrected chi connectivity index (χ2v) is 7.42. The zero-order valence-corrected chi connectivity index (χ0v) is 13.8. The van der Waals surface area contributed by atoms with E-state index < -0.39 is 0 Å². The van der Waals surface area contributed by atoms with Crippen LogP contribution in [0.5, 0.6) is 0 Å². The number of alkyl halides is 1. The van der Waals surface area contributed by atoms with E-state index in [1.165, 1.54) is 31.2 Å². The van der Waals surface area contributed by atoms with Crippen molar-refractivity contribution in [2.24, 2.45) is 17.8 Å². The maximum atomic E-state index is 11.8. The van der Waals surface area contributed by atoms with Crippen LogP contribution in [-0.4, -0.2) is 4.57 Å². The molecule has 3 atom stereocenters. The molecule has 0 N–H and O–H groups in total. The Bertz CT molecular complexity index is 720. The first kappa shape index (κ1) is 13.6. The van der Waals surface area contributed by atoms with E-state index in [0.717, 1.165) is 23.3 Å². The van der Waals surface area contributed by atoms with Gasteiger partial charge in [0, 0.05) is 11.4 Å². The highest BCUT2D eigenvalue weighted by molar-refractivity contribution is 9.09. The lowest BCUT2D eigenvalue weighted by Crippen LogP contribution is -2.11. The van der Waals surface area contributed by atoms with Crippen molar-refractivity contribution in [3.63, 3.8) is 0 Å². The number of aromatic nitrogens is 1. The van der Waals surface area contributed by atoms with Crippen LogP contribution in [0.25, 0.3) is 11.1 Å². The van der Waals surface area contributed by atoms with Crippen molar-refractivity contribution < 1.29 is 4.42 Å². The summed E-state index contributed by atoms with van der Waals surface area (Å²) in [6.07, 6.45) is 5.57. The molecule has 112 valence electrons. The lowest BCUT2D eigenvalue weighted by molar-refractivity contribution is 0.480. The summed E-state index contributed by atoms with van der Waals surface area (Å²) in [4.78, 5) is 12.2. The molecule has 1 aromatic heterocycles. The number of halogens is 1. The molecule has 0 aliphatic heterocycles. The van der Waals surface area contributed by atoms with Crippen LogP contribution in [0, 0.1) is 17.8 Å². The molecule has 0 saturated heterocycles. The van der Waals surface area contributed by atoms with Gasteiger partial charge >= 0.3 is 5.76 Å². The fourth-order valence-electron chi connectivity index (χ4n) is 4.26. The van der Waals surface area contributed by atoms with Gasteiger partial charge in [0.15, 0.2) is 5.58 Å². The molecular formula is C17H20BrNO2. The summed E-state index contributed by atoms with van der Waals surface area (Å²) in [6.45, 7) is 2.61. The first-order chi connectivity index (χ1) is 10.2. The molecule has 4 heteroatoms. The summed E-state index contributed by atoms with van der Waals surface area (Å²) in [7, 11) is 0. The monoisotopic (exact) mass is 349 g/mol. The molecule has 2 aliphatic carbocycles. The summed E-state index contributed by atoms with van der Waals surface area (Å²) in [6, 6.07) is 6.22. The zero-order valence-electron chi connectivity index (χ0n) is 12.2. The van der Waals surface area contributed by atoms with E-state index >= 15 is 0 Å². The van der Waals surface area contributed by atoms with Gasteiger partial charge in [-0.15, -0.1) is 0 Å². The number of fused-ring (bicyclic) bond motifs is 2. The Kier molecular flexibility index (Phi) is 3.25. The predicted molar refractivity (Wildman–Crippen MR) is 86.8 cm³/mol.